The van der Waals surface area contributed by atoms with Gasteiger partial charge in [-0.05, 0) is 24.1 Å². The molecule has 0 aliphatic heterocycles. The van der Waals surface area contributed by atoms with Crippen molar-refractivity contribution in [3.63, 3.8) is 0 Å². The number of carbonyl (C=O) groups is 1. The molecule has 5 rings (SSSR count). The van der Waals surface area contributed by atoms with Crippen LogP contribution in [0.5, 0.6) is 5.88 Å². The van der Waals surface area contributed by atoms with E-state index < -0.39 is 24.3 Å². The second-order valence-electron chi connectivity index (χ2n) is 9.41. The van der Waals surface area contributed by atoms with Crippen molar-refractivity contribution < 1.29 is 27.8 Å². The zero-order chi connectivity index (χ0) is 29.9. The number of rotatable bonds is 9. The van der Waals surface area contributed by atoms with Crippen LogP contribution in [0.25, 0.3) is 28.2 Å². The van der Waals surface area contributed by atoms with Crippen LogP contribution in [-0.4, -0.2) is 43.0 Å². The average molecular weight is 575 g/mol. The van der Waals surface area contributed by atoms with Gasteiger partial charge in [-0.25, -0.2) is 9.67 Å². The maximum atomic E-state index is 14.5. The van der Waals surface area contributed by atoms with Gasteiger partial charge in [0.05, 0.1) is 17.1 Å². The van der Waals surface area contributed by atoms with Gasteiger partial charge in [0.1, 0.15) is 6.04 Å². The Morgan fingerprint density at radius 2 is 1.57 bits per heavy atom. The fourth-order valence-corrected chi connectivity index (χ4v) is 4.37. The number of alkyl halides is 3. The summed E-state index contributed by atoms with van der Waals surface area (Å²) in [6.45, 7) is 0. The van der Waals surface area contributed by atoms with E-state index in [-0.39, 0.29) is 35.2 Å². The highest BCUT2D eigenvalue weighted by Crippen LogP contribution is 2.39. The zero-order valence-corrected chi connectivity index (χ0v) is 21.9. The van der Waals surface area contributed by atoms with Gasteiger partial charge in [-0.3, -0.25) is 4.79 Å². The predicted octanol–water partition coefficient (Wildman–Crippen LogP) is 5.22. The molecule has 0 radical (unpaired) electrons. The molecule has 214 valence electrons. The smallest absolute Gasteiger partial charge is 0.429 e. The van der Waals surface area contributed by atoms with E-state index in [1.165, 1.54) is 28.9 Å². The highest BCUT2D eigenvalue weighted by Gasteiger charge is 2.45. The minimum Gasteiger partial charge on any atom is -0.480 e. The van der Waals surface area contributed by atoms with E-state index in [1.807, 2.05) is 30.3 Å². The van der Waals surface area contributed by atoms with Crippen LogP contribution in [-0.2, 0) is 11.2 Å². The molecule has 0 saturated carbocycles. The highest BCUT2D eigenvalue weighted by molar-refractivity contribution is 5.73. The van der Waals surface area contributed by atoms with Crippen LogP contribution < -0.4 is 16.2 Å². The molecule has 2 heterocycles. The summed E-state index contributed by atoms with van der Waals surface area (Å²) in [6.07, 6.45) is -5.54. The summed E-state index contributed by atoms with van der Waals surface area (Å²) in [7, 11) is 0. The Labute approximate surface area is 238 Å². The van der Waals surface area contributed by atoms with Gasteiger partial charge < -0.3 is 21.3 Å². The molecule has 0 saturated heterocycles. The molecular weight excluding hydrogens is 549 g/mol. The molecule has 0 fully saturated rings. The normalized spacial score (nSPS) is 13.0. The molecule has 0 bridgehead atoms. The number of nitrogen functional groups attached to an aromatic ring is 1. The Bertz CT molecular complexity index is 1690. The van der Waals surface area contributed by atoms with Gasteiger partial charge in [0.25, 0.3) is 0 Å². The first kappa shape index (κ1) is 28.3. The largest absolute Gasteiger partial charge is 0.480 e. The number of aliphatic carboxylic acids is 1. The van der Waals surface area contributed by atoms with Gasteiger partial charge >= 0.3 is 12.1 Å². The SMILES string of the molecule is Nc1nc(O[C@@H](c2ccccc2-n2ccc(-c3ccccc3)n2)C(F)(F)F)cc(-c2ccc(CC(N)C(=O)O)cc2)n1. The summed E-state index contributed by atoms with van der Waals surface area (Å²) in [4.78, 5) is 19.1. The van der Waals surface area contributed by atoms with Crippen molar-refractivity contribution in [2.24, 2.45) is 5.73 Å². The van der Waals surface area contributed by atoms with Crippen LogP contribution in [0.4, 0.5) is 19.1 Å². The molecule has 1 unspecified atom stereocenters. The third-order valence-electron chi connectivity index (χ3n) is 6.40. The molecule has 0 aliphatic rings. The van der Waals surface area contributed by atoms with Crippen LogP contribution in [0.3, 0.4) is 0 Å². The molecule has 3 aromatic carbocycles. The van der Waals surface area contributed by atoms with Crippen molar-refractivity contribution in [3.8, 4) is 34.1 Å². The molecule has 9 nitrogen and oxygen atoms in total. The molecule has 12 heteroatoms. The first-order chi connectivity index (χ1) is 20.1. The lowest BCUT2D eigenvalue weighted by molar-refractivity contribution is -0.198. The zero-order valence-electron chi connectivity index (χ0n) is 21.9. The Kier molecular flexibility index (Phi) is 7.89. The maximum absolute atomic E-state index is 14.5. The van der Waals surface area contributed by atoms with Crippen LogP contribution in [0.15, 0.2) is 97.2 Å². The quantitative estimate of drug-likeness (QED) is 0.218. The number of nitrogens with two attached hydrogens (primary N) is 2. The van der Waals surface area contributed by atoms with Gasteiger partial charge in [0, 0.05) is 29.0 Å². The molecule has 0 spiro atoms. The van der Waals surface area contributed by atoms with E-state index in [9.17, 15) is 18.0 Å². The van der Waals surface area contributed by atoms with Crippen LogP contribution in [0, 0.1) is 0 Å². The van der Waals surface area contributed by atoms with Crippen molar-refractivity contribution in [2.45, 2.75) is 24.7 Å². The predicted molar refractivity (Wildman–Crippen MR) is 150 cm³/mol. The average Bonchev–Trinajstić information content (AvgIpc) is 3.46. The lowest BCUT2D eigenvalue weighted by atomic mass is 10.0. The first-order valence-electron chi connectivity index (χ1n) is 12.7. The Balaban J connectivity index is 1.46. The van der Waals surface area contributed by atoms with Crippen molar-refractivity contribution in [2.75, 3.05) is 5.73 Å². The summed E-state index contributed by atoms with van der Waals surface area (Å²) in [5, 5.41) is 13.5. The van der Waals surface area contributed by atoms with Crippen molar-refractivity contribution in [3.05, 3.63) is 108 Å². The fourth-order valence-electron chi connectivity index (χ4n) is 4.37. The van der Waals surface area contributed by atoms with Gasteiger partial charge in [-0.15, -0.1) is 0 Å². The maximum Gasteiger partial charge on any atom is 0.429 e. The molecule has 0 aliphatic carbocycles. The summed E-state index contributed by atoms with van der Waals surface area (Å²) in [5.74, 6) is -1.79. The van der Waals surface area contributed by atoms with E-state index in [0.717, 1.165) is 5.56 Å². The number of aromatic nitrogens is 4. The molecule has 42 heavy (non-hydrogen) atoms. The Morgan fingerprint density at radius 3 is 2.26 bits per heavy atom. The number of nitrogens with zero attached hydrogens (tertiary/aromatic N) is 4. The van der Waals surface area contributed by atoms with Crippen LogP contribution in [0.1, 0.15) is 17.2 Å². The number of carboxylic acids is 1. The number of carboxylic acid groups (broad SMARTS) is 1. The number of benzene rings is 3. The van der Waals surface area contributed by atoms with E-state index in [1.54, 1.807) is 42.6 Å². The topological polar surface area (TPSA) is 142 Å². The van der Waals surface area contributed by atoms with Gasteiger partial charge in [-0.1, -0.05) is 72.8 Å². The van der Waals surface area contributed by atoms with E-state index in [4.69, 9.17) is 21.3 Å². The van der Waals surface area contributed by atoms with Crippen LogP contribution in [0.2, 0.25) is 0 Å². The highest BCUT2D eigenvalue weighted by atomic mass is 19.4. The van der Waals surface area contributed by atoms with E-state index >= 15 is 0 Å². The molecule has 2 aromatic heterocycles. The number of anilines is 1. The van der Waals surface area contributed by atoms with Gasteiger partial charge in [0.2, 0.25) is 17.9 Å². The number of halogens is 3. The third-order valence-corrected chi connectivity index (χ3v) is 6.40. The monoisotopic (exact) mass is 574 g/mol. The van der Waals surface area contributed by atoms with Crippen molar-refractivity contribution in [1.29, 1.82) is 0 Å². The van der Waals surface area contributed by atoms with E-state index in [0.29, 0.717) is 16.8 Å². The third kappa shape index (κ3) is 6.39. The number of ether oxygens (including phenoxy) is 1. The fraction of sp³-hybridized carbons (Fsp3) is 0.133. The van der Waals surface area contributed by atoms with Gasteiger partial charge in [0.15, 0.2) is 0 Å². The Morgan fingerprint density at radius 1 is 0.905 bits per heavy atom. The standard InChI is InChI=1S/C30H25F3N6O3/c31-30(32,33)27(21-8-4-5-9-25(21)39-15-14-23(38-39)19-6-2-1-3-7-19)42-26-17-24(36-29(35)37-26)20-12-10-18(11-13-20)16-22(34)28(40)41/h1-15,17,22,27H,16,34H2,(H,40,41)(H2,35,36,37)/t22?,27-/m0/s1. The summed E-state index contributed by atoms with van der Waals surface area (Å²) in [5.41, 5.74) is 14.3. The number of hydrogen-bond acceptors (Lipinski definition) is 7. The number of para-hydroxylation sites is 1. The van der Waals surface area contributed by atoms with Crippen LogP contribution >= 0.6 is 0 Å². The lowest BCUT2D eigenvalue weighted by Crippen LogP contribution is -2.32. The first-order valence-corrected chi connectivity index (χ1v) is 12.7. The van der Waals surface area contributed by atoms with E-state index in [2.05, 4.69) is 15.1 Å². The molecule has 2 atom stereocenters. The summed E-state index contributed by atoms with van der Waals surface area (Å²) in [6, 6.07) is 23.7. The van der Waals surface area contributed by atoms with Gasteiger partial charge in [-0.2, -0.15) is 23.3 Å². The molecule has 5 N–H and O–H groups in total. The second kappa shape index (κ2) is 11.7. The number of hydrogen-bond donors (Lipinski definition) is 3. The minimum absolute atomic E-state index is 0.103. The molecule has 0 amide bonds. The summed E-state index contributed by atoms with van der Waals surface area (Å²) >= 11 is 0. The van der Waals surface area contributed by atoms with Crippen molar-refractivity contribution in [1.82, 2.24) is 19.7 Å². The van der Waals surface area contributed by atoms with Crippen molar-refractivity contribution >= 4 is 11.9 Å². The Hall–Kier alpha value is -5.23. The lowest BCUT2D eigenvalue weighted by Gasteiger charge is -2.24. The summed E-state index contributed by atoms with van der Waals surface area (Å²) < 4.78 is 50.4. The molecular formula is C30H25F3N6O3. The second-order valence-corrected chi connectivity index (χ2v) is 9.41. The molecule has 5 aromatic rings. The minimum atomic E-state index is -4.82.